The molecule has 0 aliphatic heterocycles. The second-order valence-corrected chi connectivity index (χ2v) is 4.75. The molecule has 1 aromatic carbocycles. The maximum atomic E-state index is 12.8. The van der Waals surface area contributed by atoms with Crippen molar-refractivity contribution in [1.29, 1.82) is 0 Å². The molecule has 1 atom stereocenters. The average Bonchev–Trinajstić information content (AvgIpc) is 2.31. The Morgan fingerprint density at radius 1 is 1.33 bits per heavy atom. The van der Waals surface area contributed by atoms with Gasteiger partial charge in [-0.05, 0) is 50.4 Å². The first-order chi connectivity index (χ1) is 8.52. The van der Waals surface area contributed by atoms with Crippen LogP contribution < -0.4 is 11.1 Å². The van der Waals surface area contributed by atoms with Crippen LogP contribution in [0.3, 0.4) is 0 Å². The molecule has 0 spiro atoms. The zero-order chi connectivity index (χ0) is 13.5. The van der Waals surface area contributed by atoms with Crippen molar-refractivity contribution in [2.45, 2.75) is 38.6 Å². The Kier molecular flexibility index (Phi) is 5.78. The molecule has 0 heterocycles. The fourth-order valence-corrected chi connectivity index (χ4v) is 1.86. The molecular formula is C14H21FN2O. The number of nitrogens with two attached hydrogens (primary N) is 1. The minimum Gasteiger partial charge on any atom is -0.354 e. The molecule has 3 nitrogen and oxygen atoms in total. The van der Waals surface area contributed by atoms with Gasteiger partial charge in [-0.25, -0.2) is 4.39 Å². The normalized spacial score (nSPS) is 12.5. The molecule has 3 N–H and O–H groups in total. The summed E-state index contributed by atoms with van der Waals surface area (Å²) in [7, 11) is 0. The Bertz CT molecular complexity index is 376. The number of carbonyl (C=O) groups excluding carboxylic acids is 1. The predicted octanol–water partition coefficient (Wildman–Crippen LogP) is 2.17. The first-order valence-electron chi connectivity index (χ1n) is 6.27. The van der Waals surface area contributed by atoms with E-state index in [-0.39, 0.29) is 23.7 Å². The quantitative estimate of drug-likeness (QED) is 0.815. The first kappa shape index (κ1) is 14.6. The number of hydrogen-bond acceptors (Lipinski definition) is 2. The molecule has 0 bridgehead atoms. The molecule has 1 unspecified atom stereocenters. The molecular weight excluding hydrogens is 231 g/mol. The Balaban J connectivity index is 2.52. The van der Waals surface area contributed by atoms with Crippen molar-refractivity contribution in [3.8, 4) is 0 Å². The van der Waals surface area contributed by atoms with E-state index in [0.29, 0.717) is 19.4 Å². The number of benzene rings is 1. The smallest absolute Gasteiger partial charge is 0.220 e. The number of hydrogen-bond donors (Lipinski definition) is 2. The third-order valence-electron chi connectivity index (χ3n) is 2.80. The predicted molar refractivity (Wildman–Crippen MR) is 70.7 cm³/mol. The lowest BCUT2D eigenvalue weighted by Gasteiger charge is -2.15. The average molecular weight is 252 g/mol. The van der Waals surface area contributed by atoms with Gasteiger partial charge < -0.3 is 11.1 Å². The Morgan fingerprint density at radius 3 is 2.44 bits per heavy atom. The van der Waals surface area contributed by atoms with Gasteiger partial charge in [0, 0.05) is 12.5 Å². The highest BCUT2D eigenvalue weighted by Crippen LogP contribution is 2.20. The minimum absolute atomic E-state index is 0.0329. The Labute approximate surface area is 108 Å². The van der Waals surface area contributed by atoms with Gasteiger partial charge >= 0.3 is 0 Å². The molecule has 100 valence electrons. The highest BCUT2D eigenvalue weighted by atomic mass is 19.1. The molecule has 1 amide bonds. The standard InChI is InChI=1S/C14H21FN2O/c1-10(2)17-14(18)8-5-12(9-16)11-3-6-13(15)7-4-11/h3-4,6-7,10,12H,5,8-9,16H2,1-2H3,(H,17,18). The number of rotatable bonds is 6. The zero-order valence-corrected chi connectivity index (χ0v) is 10.9. The van der Waals surface area contributed by atoms with Crippen LogP contribution >= 0.6 is 0 Å². The van der Waals surface area contributed by atoms with Gasteiger partial charge in [0.1, 0.15) is 5.82 Å². The number of carbonyl (C=O) groups is 1. The molecule has 0 saturated heterocycles. The van der Waals surface area contributed by atoms with E-state index in [1.54, 1.807) is 12.1 Å². The van der Waals surface area contributed by atoms with Crippen LogP contribution in [0.2, 0.25) is 0 Å². The van der Waals surface area contributed by atoms with Gasteiger partial charge in [0.2, 0.25) is 5.91 Å². The molecule has 1 aromatic rings. The molecule has 0 saturated carbocycles. The maximum Gasteiger partial charge on any atom is 0.220 e. The van der Waals surface area contributed by atoms with E-state index in [4.69, 9.17) is 5.73 Å². The summed E-state index contributed by atoms with van der Waals surface area (Å²) in [4.78, 5) is 11.5. The molecule has 0 radical (unpaired) electrons. The van der Waals surface area contributed by atoms with E-state index >= 15 is 0 Å². The van der Waals surface area contributed by atoms with Gasteiger partial charge in [0.15, 0.2) is 0 Å². The summed E-state index contributed by atoms with van der Waals surface area (Å²) in [6.45, 7) is 4.32. The van der Waals surface area contributed by atoms with Gasteiger partial charge in [-0.2, -0.15) is 0 Å². The minimum atomic E-state index is -0.257. The van der Waals surface area contributed by atoms with E-state index in [0.717, 1.165) is 5.56 Å². The van der Waals surface area contributed by atoms with Crippen molar-refractivity contribution >= 4 is 5.91 Å². The molecule has 1 rings (SSSR count). The SMILES string of the molecule is CC(C)NC(=O)CCC(CN)c1ccc(F)cc1. The van der Waals surface area contributed by atoms with Crippen molar-refractivity contribution in [2.75, 3.05) is 6.54 Å². The molecule has 4 heteroatoms. The van der Waals surface area contributed by atoms with Crippen LogP contribution in [0.5, 0.6) is 0 Å². The van der Waals surface area contributed by atoms with Crippen molar-refractivity contribution in [2.24, 2.45) is 5.73 Å². The zero-order valence-electron chi connectivity index (χ0n) is 10.9. The van der Waals surface area contributed by atoms with E-state index in [2.05, 4.69) is 5.32 Å². The lowest BCUT2D eigenvalue weighted by atomic mass is 9.94. The third kappa shape index (κ3) is 4.84. The van der Waals surface area contributed by atoms with E-state index in [9.17, 15) is 9.18 Å². The summed E-state index contributed by atoms with van der Waals surface area (Å²) in [5, 5.41) is 2.84. The topological polar surface area (TPSA) is 55.1 Å². The van der Waals surface area contributed by atoms with E-state index in [1.807, 2.05) is 13.8 Å². The highest BCUT2D eigenvalue weighted by molar-refractivity contribution is 5.76. The summed E-state index contributed by atoms with van der Waals surface area (Å²) < 4.78 is 12.8. The van der Waals surface area contributed by atoms with Crippen molar-refractivity contribution in [3.05, 3.63) is 35.6 Å². The van der Waals surface area contributed by atoms with E-state index < -0.39 is 0 Å². The van der Waals surface area contributed by atoms with Crippen LogP contribution in [0.15, 0.2) is 24.3 Å². The lowest BCUT2D eigenvalue weighted by Crippen LogP contribution is -2.30. The van der Waals surface area contributed by atoms with E-state index in [1.165, 1.54) is 12.1 Å². The van der Waals surface area contributed by atoms with Gasteiger partial charge in [-0.3, -0.25) is 4.79 Å². The fraction of sp³-hybridized carbons (Fsp3) is 0.500. The monoisotopic (exact) mass is 252 g/mol. The maximum absolute atomic E-state index is 12.8. The fourth-order valence-electron chi connectivity index (χ4n) is 1.86. The summed E-state index contributed by atoms with van der Waals surface area (Å²) >= 11 is 0. The van der Waals surface area contributed by atoms with Gasteiger partial charge in [-0.15, -0.1) is 0 Å². The van der Waals surface area contributed by atoms with Gasteiger partial charge in [0.05, 0.1) is 0 Å². The third-order valence-corrected chi connectivity index (χ3v) is 2.80. The van der Waals surface area contributed by atoms with Crippen LogP contribution in [-0.2, 0) is 4.79 Å². The molecule has 0 aromatic heterocycles. The second-order valence-electron chi connectivity index (χ2n) is 4.75. The Morgan fingerprint density at radius 2 is 1.94 bits per heavy atom. The number of nitrogens with one attached hydrogen (secondary N) is 1. The first-order valence-corrected chi connectivity index (χ1v) is 6.27. The summed E-state index contributed by atoms with van der Waals surface area (Å²) in [5.41, 5.74) is 6.69. The molecule has 18 heavy (non-hydrogen) atoms. The van der Waals surface area contributed by atoms with Gasteiger partial charge in [0.25, 0.3) is 0 Å². The summed E-state index contributed by atoms with van der Waals surface area (Å²) in [6.07, 6.45) is 1.12. The number of amides is 1. The van der Waals surface area contributed by atoms with Crippen molar-refractivity contribution in [3.63, 3.8) is 0 Å². The molecule has 0 aliphatic rings. The molecule has 0 fully saturated rings. The van der Waals surface area contributed by atoms with Gasteiger partial charge in [-0.1, -0.05) is 12.1 Å². The van der Waals surface area contributed by atoms with Crippen LogP contribution in [0.1, 0.15) is 38.2 Å². The van der Waals surface area contributed by atoms with Crippen molar-refractivity contribution in [1.82, 2.24) is 5.32 Å². The largest absolute Gasteiger partial charge is 0.354 e. The number of halogens is 1. The van der Waals surface area contributed by atoms with Crippen LogP contribution in [0.25, 0.3) is 0 Å². The van der Waals surface area contributed by atoms with Crippen LogP contribution in [0.4, 0.5) is 4.39 Å². The summed E-state index contributed by atoms with van der Waals surface area (Å²) in [6, 6.07) is 6.46. The lowest BCUT2D eigenvalue weighted by molar-refractivity contribution is -0.121. The Hall–Kier alpha value is -1.42. The highest BCUT2D eigenvalue weighted by Gasteiger charge is 2.12. The second kappa shape index (κ2) is 7.11. The van der Waals surface area contributed by atoms with Crippen molar-refractivity contribution < 1.29 is 9.18 Å². The summed E-state index contributed by atoms with van der Waals surface area (Å²) in [5.74, 6) is -0.124. The van der Waals surface area contributed by atoms with Crippen LogP contribution in [-0.4, -0.2) is 18.5 Å². The van der Waals surface area contributed by atoms with Crippen LogP contribution in [0, 0.1) is 5.82 Å². The molecule has 0 aliphatic carbocycles.